The lowest BCUT2D eigenvalue weighted by atomic mass is 10.1. The van der Waals surface area contributed by atoms with Gasteiger partial charge in [-0.15, -0.1) is 0 Å². The molecule has 1 aromatic heterocycles. The smallest absolute Gasteiger partial charge is 0.0957 e. The van der Waals surface area contributed by atoms with Crippen LogP contribution in [0.4, 0.5) is 5.69 Å². The third kappa shape index (κ3) is 3.70. The van der Waals surface area contributed by atoms with E-state index < -0.39 is 6.10 Å². The van der Waals surface area contributed by atoms with Crippen LogP contribution in [0.5, 0.6) is 0 Å². The van der Waals surface area contributed by atoms with Crippen LogP contribution in [0.1, 0.15) is 51.8 Å². The summed E-state index contributed by atoms with van der Waals surface area (Å²) in [7, 11) is 2.09. The van der Waals surface area contributed by atoms with E-state index in [1.54, 1.807) is 0 Å². The number of aromatic nitrogens is 1. The quantitative estimate of drug-likeness (QED) is 0.824. The van der Waals surface area contributed by atoms with E-state index in [0.717, 1.165) is 11.4 Å². The number of hydrogen-bond acceptors (Lipinski definition) is 3. The SMILES string of the molecule is CCCC(C)N(C)c1ccc([C@H](O)CC)nc1. The number of hydrogen-bond donors (Lipinski definition) is 1. The van der Waals surface area contributed by atoms with Crippen LogP contribution in [0.3, 0.4) is 0 Å². The van der Waals surface area contributed by atoms with Crippen molar-refractivity contribution in [1.82, 2.24) is 4.98 Å². The van der Waals surface area contributed by atoms with Crippen LogP contribution < -0.4 is 4.90 Å². The summed E-state index contributed by atoms with van der Waals surface area (Å²) in [6, 6.07) is 4.47. The second-order valence-corrected chi connectivity index (χ2v) is 4.61. The summed E-state index contributed by atoms with van der Waals surface area (Å²) < 4.78 is 0. The highest BCUT2D eigenvalue weighted by Gasteiger charge is 2.11. The number of rotatable bonds is 6. The molecule has 1 unspecified atom stereocenters. The molecular formula is C14H24N2O. The van der Waals surface area contributed by atoms with Gasteiger partial charge in [-0.2, -0.15) is 0 Å². The Morgan fingerprint density at radius 3 is 2.53 bits per heavy atom. The lowest BCUT2D eigenvalue weighted by Gasteiger charge is -2.26. The first-order chi connectivity index (χ1) is 8.10. The van der Waals surface area contributed by atoms with Crippen LogP contribution in [0.25, 0.3) is 0 Å². The van der Waals surface area contributed by atoms with Crippen LogP contribution in [0, 0.1) is 0 Å². The van der Waals surface area contributed by atoms with Gasteiger partial charge >= 0.3 is 0 Å². The monoisotopic (exact) mass is 236 g/mol. The number of aliphatic hydroxyl groups excluding tert-OH is 1. The Bertz CT molecular complexity index is 323. The Morgan fingerprint density at radius 2 is 2.06 bits per heavy atom. The van der Waals surface area contributed by atoms with Crippen molar-refractivity contribution in [2.75, 3.05) is 11.9 Å². The van der Waals surface area contributed by atoms with Crippen molar-refractivity contribution in [1.29, 1.82) is 0 Å². The maximum atomic E-state index is 9.68. The van der Waals surface area contributed by atoms with Gasteiger partial charge in [-0.3, -0.25) is 4.98 Å². The Balaban J connectivity index is 2.73. The highest BCUT2D eigenvalue weighted by atomic mass is 16.3. The normalized spacial score (nSPS) is 14.4. The minimum Gasteiger partial charge on any atom is -0.387 e. The molecule has 0 radical (unpaired) electrons. The second-order valence-electron chi connectivity index (χ2n) is 4.61. The Hall–Kier alpha value is -1.09. The summed E-state index contributed by atoms with van der Waals surface area (Å²) >= 11 is 0. The molecule has 0 saturated carbocycles. The summed E-state index contributed by atoms with van der Waals surface area (Å²) in [5.41, 5.74) is 1.87. The van der Waals surface area contributed by atoms with E-state index in [-0.39, 0.29) is 0 Å². The van der Waals surface area contributed by atoms with Crippen LogP contribution >= 0.6 is 0 Å². The molecule has 0 aliphatic carbocycles. The number of anilines is 1. The highest BCUT2D eigenvalue weighted by Crippen LogP contribution is 2.20. The zero-order chi connectivity index (χ0) is 12.8. The Morgan fingerprint density at radius 1 is 1.35 bits per heavy atom. The molecule has 1 rings (SSSR count). The van der Waals surface area contributed by atoms with E-state index in [9.17, 15) is 5.11 Å². The van der Waals surface area contributed by atoms with Crippen molar-refractivity contribution in [2.24, 2.45) is 0 Å². The van der Waals surface area contributed by atoms with Gasteiger partial charge in [-0.25, -0.2) is 0 Å². The molecule has 1 aromatic rings. The molecule has 1 heterocycles. The molecule has 3 nitrogen and oxygen atoms in total. The van der Waals surface area contributed by atoms with Gasteiger partial charge in [0.15, 0.2) is 0 Å². The summed E-state index contributed by atoms with van der Waals surface area (Å²) in [6.07, 6.45) is 4.47. The second kappa shape index (κ2) is 6.60. The molecule has 0 aliphatic rings. The van der Waals surface area contributed by atoms with Gasteiger partial charge in [-0.1, -0.05) is 20.3 Å². The molecule has 17 heavy (non-hydrogen) atoms. The van der Waals surface area contributed by atoms with Crippen molar-refractivity contribution in [2.45, 2.75) is 52.2 Å². The lowest BCUT2D eigenvalue weighted by Crippen LogP contribution is -2.28. The average molecular weight is 236 g/mol. The molecule has 96 valence electrons. The molecule has 0 aromatic carbocycles. The Labute approximate surface area is 104 Å². The maximum Gasteiger partial charge on any atom is 0.0957 e. The molecule has 0 fully saturated rings. The third-order valence-electron chi connectivity index (χ3n) is 3.27. The van der Waals surface area contributed by atoms with E-state index >= 15 is 0 Å². The Kier molecular flexibility index (Phi) is 5.42. The molecule has 3 heteroatoms. The predicted octanol–water partition coefficient (Wildman–Crippen LogP) is 3.15. The topological polar surface area (TPSA) is 36.4 Å². The van der Waals surface area contributed by atoms with Gasteiger partial charge in [0.05, 0.1) is 23.7 Å². The average Bonchev–Trinajstić information content (AvgIpc) is 2.37. The third-order valence-corrected chi connectivity index (χ3v) is 3.27. The molecule has 0 spiro atoms. The first-order valence-corrected chi connectivity index (χ1v) is 6.47. The zero-order valence-electron chi connectivity index (χ0n) is 11.3. The summed E-state index contributed by atoms with van der Waals surface area (Å²) in [4.78, 5) is 6.56. The van der Waals surface area contributed by atoms with Crippen molar-refractivity contribution in [3.63, 3.8) is 0 Å². The van der Waals surface area contributed by atoms with Gasteiger partial charge in [0.1, 0.15) is 0 Å². The zero-order valence-corrected chi connectivity index (χ0v) is 11.3. The lowest BCUT2D eigenvalue weighted by molar-refractivity contribution is 0.169. The largest absolute Gasteiger partial charge is 0.387 e. The van der Waals surface area contributed by atoms with E-state index in [4.69, 9.17) is 0 Å². The van der Waals surface area contributed by atoms with E-state index in [2.05, 4.69) is 30.8 Å². The van der Waals surface area contributed by atoms with Crippen molar-refractivity contribution in [3.8, 4) is 0 Å². The summed E-state index contributed by atoms with van der Waals surface area (Å²) in [5, 5.41) is 9.68. The summed E-state index contributed by atoms with van der Waals surface area (Å²) in [6.45, 7) is 6.37. The molecule has 0 aliphatic heterocycles. The number of nitrogens with zero attached hydrogens (tertiary/aromatic N) is 2. The minimum atomic E-state index is -0.442. The van der Waals surface area contributed by atoms with Crippen LogP contribution in [0.2, 0.25) is 0 Å². The van der Waals surface area contributed by atoms with Crippen molar-refractivity contribution >= 4 is 5.69 Å². The molecular weight excluding hydrogens is 212 g/mol. The van der Waals surface area contributed by atoms with Crippen molar-refractivity contribution in [3.05, 3.63) is 24.0 Å². The fourth-order valence-corrected chi connectivity index (χ4v) is 1.88. The molecule has 0 bridgehead atoms. The van der Waals surface area contributed by atoms with E-state index in [0.29, 0.717) is 12.5 Å². The van der Waals surface area contributed by atoms with Gasteiger partial charge in [0.2, 0.25) is 0 Å². The number of pyridine rings is 1. The van der Waals surface area contributed by atoms with E-state index in [1.807, 2.05) is 25.3 Å². The minimum absolute atomic E-state index is 0.442. The van der Waals surface area contributed by atoms with Gasteiger partial charge in [0.25, 0.3) is 0 Å². The fourth-order valence-electron chi connectivity index (χ4n) is 1.88. The van der Waals surface area contributed by atoms with Gasteiger partial charge < -0.3 is 10.0 Å². The standard InChI is InChI=1S/C14H24N2O/c1-5-7-11(3)16(4)12-8-9-13(15-10-12)14(17)6-2/h8-11,14,17H,5-7H2,1-4H3/t11?,14-/m1/s1. The molecule has 2 atom stereocenters. The predicted molar refractivity (Wildman–Crippen MR) is 72.3 cm³/mol. The van der Waals surface area contributed by atoms with Crippen molar-refractivity contribution < 1.29 is 5.11 Å². The van der Waals surface area contributed by atoms with Gasteiger partial charge in [0, 0.05) is 13.1 Å². The molecule has 1 N–H and O–H groups in total. The first-order valence-electron chi connectivity index (χ1n) is 6.47. The van der Waals surface area contributed by atoms with Gasteiger partial charge in [-0.05, 0) is 31.9 Å². The fraction of sp³-hybridized carbons (Fsp3) is 0.643. The first kappa shape index (κ1) is 14.0. The number of aliphatic hydroxyl groups is 1. The molecule has 0 saturated heterocycles. The van der Waals surface area contributed by atoms with Crippen LogP contribution in [-0.4, -0.2) is 23.2 Å². The maximum absolute atomic E-state index is 9.68. The highest BCUT2D eigenvalue weighted by molar-refractivity contribution is 5.44. The summed E-state index contributed by atoms with van der Waals surface area (Å²) in [5.74, 6) is 0. The molecule has 0 amide bonds. The van der Waals surface area contributed by atoms with Crippen LogP contribution in [0.15, 0.2) is 18.3 Å². The van der Waals surface area contributed by atoms with Crippen LogP contribution in [-0.2, 0) is 0 Å². The van der Waals surface area contributed by atoms with E-state index in [1.165, 1.54) is 12.8 Å².